The molecule has 2 aromatic carbocycles. The number of carbonyl (C=O) groups is 4. The third-order valence-corrected chi connectivity index (χ3v) is 6.56. The number of benzene rings is 2. The van der Waals surface area contributed by atoms with Gasteiger partial charge in [0.25, 0.3) is 0 Å². The second kappa shape index (κ2) is 15.6. The van der Waals surface area contributed by atoms with Gasteiger partial charge in [-0.2, -0.15) is 0 Å². The van der Waals surface area contributed by atoms with Crippen molar-refractivity contribution in [3.63, 3.8) is 0 Å². The highest BCUT2D eigenvalue weighted by atomic mass is 16.3. The number of rotatable bonds is 16. The van der Waals surface area contributed by atoms with Crippen molar-refractivity contribution in [3.8, 4) is 11.5 Å². The molecule has 0 aliphatic heterocycles. The molecular formula is C30H41N3O6. The van der Waals surface area contributed by atoms with Crippen LogP contribution in [0.2, 0.25) is 0 Å². The third kappa shape index (κ3) is 10.2. The van der Waals surface area contributed by atoms with Crippen LogP contribution in [0.15, 0.2) is 42.5 Å². The normalized spacial score (nSPS) is 13.4. The molecule has 0 saturated heterocycles. The molecule has 3 atom stereocenters. The van der Waals surface area contributed by atoms with Crippen molar-refractivity contribution in [2.45, 2.75) is 83.8 Å². The summed E-state index contributed by atoms with van der Waals surface area (Å²) in [6.45, 7) is 5.62. The van der Waals surface area contributed by atoms with Crippen molar-refractivity contribution < 1.29 is 29.4 Å². The van der Waals surface area contributed by atoms with Crippen molar-refractivity contribution in [1.29, 1.82) is 0 Å². The Labute approximate surface area is 230 Å². The lowest BCUT2D eigenvalue weighted by Gasteiger charge is -2.25. The molecule has 2 rings (SSSR count). The van der Waals surface area contributed by atoms with Gasteiger partial charge in [-0.15, -0.1) is 0 Å². The number of aromatic hydroxyl groups is 2. The summed E-state index contributed by atoms with van der Waals surface area (Å²) in [5.74, 6) is -1.44. The summed E-state index contributed by atoms with van der Waals surface area (Å²) in [5, 5.41) is 24.7. The Morgan fingerprint density at radius 1 is 0.897 bits per heavy atom. The van der Waals surface area contributed by atoms with Gasteiger partial charge in [-0.1, -0.05) is 58.2 Å². The molecule has 212 valence electrons. The molecule has 9 nitrogen and oxygen atoms in total. The summed E-state index contributed by atoms with van der Waals surface area (Å²) in [6.07, 6.45) is 5.03. The van der Waals surface area contributed by atoms with Gasteiger partial charge in [0.2, 0.25) is 11.8 Å². The highest BCUT2D eigenvalue weighted by molar-refractivity contribution is 5.98. The van der Waals surface area contributed by atoms with Gasteiger partial charge in [-0.3, -0.25) is 14.4 Å². The number of ketones is 1. The van der Waals surface area contributed by atoms with E-state index < -0.39 is 29.9 Å². The number of phenols is 2. The largest absolute Gasteiger partial charge is 0.508 e. The molecule has 0 bridgehead atoms. The Bertz CT molecular complexity index is 1120. The zero-order valence-corrected chi connectivity index (χ0v) is 23.0. The van der Waals surface area contributed by atoms with E-state index >= 15 is 0 Å². The van der Waals surface area contributed by atoms with Gasteiger partial charge in [0.05, 0.1) is 12.1 Å². The summed E-state index contributed by atoms with van der Waals surface area (Å²) in [5.41, 5.74) is 7.84. The molecule has 0 spiro atoms. The minimum absolute atomic E-state index is 0.0396. The van der Waals surface area contributed by atoms with Gasteiger partial charge in [-0.25, -0.2) is 0 Å². The average Bonchev–Trinajstić information content (AvgIpc) is 2.90. The van der Waals surface area contributed by atoms with E-state index in [-0.39, 0.29) is 36.0 Å². The lowest BCUT2D eigenvalue weighted by Crippen LogP contribution is -2.56. The van der Waals surface area contributed by atoms with E-state index in [4.69, 9.17) is 5.73 Å². The quantitative estimate of drug-likeness (QED) is 0.124. The van der Waals surface area contributed by atoms with E-state index in [9.17, 15) is 29.4 Å². The van der Waals surface area contributed by atoms with Crippen LogP contribution >= 0.6 is 0 Å². The second-order valence-corrected chi connectivity index (χ2v) is 10.2. The van der Waals surface area contributed by atoms with E-state index in [1.165, 1.54) is 24.3 Å². The van der Waals surface area contributed by atoms with Crippen LogP contribution in [0.3, 0.4) is 0 Å². The van der Waals surface area contributed by atoms with Crippen LogP contribution in [0, 0.1) is 5.92 Å². The van der Waals surface area contributed by atoms with Crippen LogP contribution in [0.4, 0.5) is 0 Å². The summed E-state index contributed by atoms with van der Waals surface area (Å²) in [6, 6.07) is 7.95. The van der Waals surface area contributed by atoms with Crippen LogP contribution < -0.4 is 16.4 Å². The van der Waals surface area contributed by atoms with Gasteiger partial charge in [0.1, 0.15) is 23.8 Å². The van der Waals surface area contributed by atoms with Crippen LogP contribution in [0.1, 0.15) is 74.4 Å². The molecule has 0 radical (unpaired) electrons. The number of carbonyl (C=O) groups excluding carboxylic acids is 4. The number of hydrogen-bond donors (Lipinski definition) is 5. The number of hydrogen-bond acceptors (Lipinski definition) is 7. The molecular weight excluding hydrogens is 498 g/mol. The first-order chi connectivity index (χ1) is 18.5. The summed E-state index contributed by atoms with van der Waals surface area (Å²) in [7, 11) is 0. The maximum absolute atomic E-state index is 13.0. The zero-order chi connectivity index (χ0) is 28.9. The predicted octanol–water partition coefficient (Wildman–Crippen LogP) is 3.19. The Kier molecular flexibility index (Phi) is 12.6. The van der Waals surface area contributed by atoms with Gasteiger partial charge in [0, 0.05) is 12.0 Å². The Balaban J connectivity index is 2.05. The van der Waals surface area contributed by atoms with Crippen molar-refractivity contribution in [2.75, 3.05) is 0 Å². The Hall–Kier alpha value is -3.72. The zero-order valence-electron chi connectivity index (χ0n) is 23.0. The Morgan fingerprint density at radius 3 is 2.18 bits per heavy atom. The van der Waals surface area contributed by atoms with Crippen LogP contribution in [0.5, 0.6) is 11.5 Å². The van der Waals surface area contributed by atoms with E-state index in [0.29, 0.717) is 23.8 Å². The van der Waals surface area contributed by atoms with Crippen molar-refractivity contribution in [3.05, 3.63) is 59.2 Å². The Morgan fingerprint density at radius 2 is 1.56 bits per heavy atom. The van der Waals surface area contributed by atoms with Crippen molar-refractivity contribution >= 4 is 23.9 Å². The molecule has 0 aliphatic carbocycles. The van der Waals surface area contributed by atoms with Crippen molar-refractivity contribution in [1.82, 2.24) is 10.6 Å². The molecule has 0 aliphatic rings. The lowest BCUT2D eigenvalue weighted by molar-refractivity contribution is -0.131. The fourth-order valence-corrected chi connectivity index (χ4v) is 4.27. The molecule has 0 saturated carbocycles. The fourth-order valence-electron chi connectivity index (χ4n) is 4.27. The van der Waals surface area contributed by atoms with E-state index in [2.05, 4.69) is 17.6 Å². The van der Waals surface area contributed by atoms with Crippen LogP contribution in [-0.4, -0.2) is 52.2 Å². The maximum atomic E-state index is 13.0. The smallest absolute Gasteiger partial charge is 0.243 e. The van der Waals surface area contributed by atoms with E-state index in [1.54, 1.807) is 32.0 Å². The molecule has 2 aromatic rings. The molecule has 0 fully saturated rings. The topological polar surface area (TPSA) is 159 Å². The highest BCUT2D eigenvalue weighted by Gasteiger charge is 2.28. The van der Waals surface area contributed by atoms with E-state index in [0.717, 1.165) is 31.2 Å². The number of Topliss-reactive ketones (excluding diaryl/α,β-unsaturated/α-hetero) is 1. The standard InChI is InChI=1S/C30H41N3O6/c1-4-5-6-7-8-27(37)25-17-24(36)14-11-21(25)16-26(31)29(38)33-28(19(2)3)30(39)32-22(18-34)15-20-9-12-23(35)13-10-20/h9-14,17-19,22,26,28,35-36H,4-8,15-16,31H2,1-3H3,(H,32,39)(H,33,38)/t22?,26-,28-/m0/s1. The third-order valence-electron chi connectivity index (χ3n) is 6.56. The number of unbranched alkanes of at least 4 members (excludes halogenated alkanes) is 3. The number of amides is 2. The monoisotopic (exact) mass is 539 g/mol. The molecule has 0 heterocycles. The lowest BCUT2D eigenvalue weighted by atomic mass is 9.94. The first-order valence-electron chi connectivity index (χ1n) is 13.5. The summed E-state index contributed by atoms with van der Waals surface area (Å²) < 4.78 is 0. The molecule has 2 amide bonds. The minimum atomic E-state index is -1.05. The van der Waals surface area contributed by atoms with E-state index in [1.807, 2.05) is 0 Å². The molecule has 39 heavy (non-hydrogen) atoms. The maximum Gasteiger partial charge on any atom is 0.243 e. The predicted molar refractivity (Wildman–Crippen MR) is 149 cm³/mol. The van der Waals surface area contributed by atoms with Crippen LogP contribution in [-0.2, 0) is 27.2 Å². The SMILES string of the molecule is CCCCCCC(=O)c1cc(O)ccc1C[C@H](N)C(=O)N[C@H](C(=O)NC(C=O)Cc1ccc(O)cc1)C(C)C. The highest BCUT2D eigenvalue weighted by Crippen LogP contribution is 2.21. The first-order valence-corrected chi connectivity index (χ1v) is 13.5. The minimum Gasteiger partial charge on any atom is -0.508 e. The number of nitrogens with two attached hydrogens (primary N) is 1. The average molecular weight is 540 g/mol. The van der Waals surface area contributed by atoms with Gasteiger partial charge < -0.3 is 31.4 Å². The van der Waals surface area contributed by atoms with Crippen LogP contribution in [0.25, 0.3) is 0 Å². The number of nitrogens with one attached hydrogen (secondary N) is 2. The molecule has 0 aromatic heterocycles. The van der Waals surface area contributed by atoms with Gasteiger partial charge >= 0.3 is 0 Å². The van der Waals surface area contributed by atoms with Crippen molar-refractivity contribution in [2.24, 2.45) is 11.7 Å². The van der Waals surface area contributed by atoms with Gasteiger partial charge in [0.15, 0.2) is 5.78 Å². The molecule has 6 N–H and O–H groups in total. The fraction of sp³-hybridized carbons (Fsp3) is 0.467. The number of phenolic OH excluding ortho intramolecular Hbond substituents is 2. The number of aldehydes is 1. The molecule has 1 unspecified atom stereocenters. The summed E-state index contributed by atoms with van der Waals surface area (Å²) >= 11 is 0. The summed E-state index contributed by atoms with van der Waals surface area (Å²) in [4.78, 5) is 50.4. The van der Waals surface area contributed by atoms with Gasteiger partial charge in [-0.05, 0) is 60.6 Å². The second-order valence-electron chi connectivity index (χ2n) is 10.2. The first kappa shape index (κ1) is 31.5. The molecule has 9 heteroatoms.